The minimum atomic E-state index is -1.28. The van der Waals surface area contributed by atoms with Crippen molar-refractivity contribution in [2.24, 2.45) is 0 Å². The van der Waals surface area contributed by atoms with Crippen LogP contribution in [0.3, 0.4) is 0 Å². The van der Waals surface area contributed by atoms with E-state index in [-0.39, 0.29) is 23.8 Å². The fraction of sp³-hybridized carbons (Fsp3) is 0.267. The predicted octanol–water partition coefficient (Wildman–Crippen LogP) is 1.08. The number of benzene rings is 2. The number of aliphatic hydroxyl groups is 2. The Morgan fingerprint density at radius 2 is 1.90 bits per heavy atom. The molecule has 2 aromatic rings. The second-order valence-electron chi connectivity index (χ2n) is 4.67. The quantitative estimate of drug-likeness (QED) is 0.672. The first kappa shape index (κ1) is 14.3. The van der Waals surface area contributed by atoms with Gasteiger partial charge in [0.05, 0.1) is 0 Å². The molecule has 0 aliphatic heterocycles. The zero-order chi connectivity index (χ0) is 14.7. The topological polar surface area (TPSA) is 89.8 Å². The Labute approximate surface area is 116 Å². The number of fused-ring (bicyclic) bond motifs is 1. The van der Waals surface area contributed by atoms with E-state index in [0.717, 1.165) is 5.39 Å². The van der Waals surface area contributed by atoms with Gasteiger partial charge in [0.1, 0.15) is 18.0 Å². The highest BCUT2D eigenvalue weighted by Gasteiger charge is 2.23. The number of phenolic OH excluding ortho intramolecular Hbond substituents is 1. The number of aliphatic hydroxyl groups excluding tert-OH is 2. The zero-order valence-electron chi connectivity index (χ0n) is 11.1. The summed E-state index contributed by atoms with van der Waals surface area (Å²) < 4.78 is 0. The average Bonchev–Trinajstić information content (AvgIpc) is 2.44. The average molecular weight is 275 g/mol. The normalized spacial score (nSPS) is 13.9. The van der Waals surface area contributed by atoms with Gasteiger partial charge in [-0.05, 0) is 16.8 Å². The summed E-state index contributed by atoms with van der Waals surface area (Å²) in [7, 11) is 0. The van der Waals surface area contributed by atoms with Gasteiger partial charge in [0.25, 0.3) is 0 Å². The molecule has 0 spiro atoms. The fourth-order valence-corrected chi connectivity index (χ4v) is 2.15. The molecule has 0 aliphatic carbocycles. The van der Waals surface area contributed by atoms with E-state index in [9.17, 15) is 20.1 Å². The highest BCUT2D eigenvalue weighted by atomic mass is 16.3. The molecule has 0 aromatic heterocycles. The van der Waals surface area contributed by atoms with Gasteiger partial charge < -0.3 is 20.6 Å². The number of nitrogens with one attached hydrogen (secondary N) is 1. The second kappa shape index (κ2) is 5.90. The van der Waals surface area contributed by atoms with Crippen molar-refractivity contribution in [2.75, 3.05) is 6.54 Å². The van der Waals surface area contributed by atoms with Crippen molar-refractivity contribution in [1.29, 1.82) is 0 Å². The summed E-state index contributed by atoms with van der Waals surface area (Å²) in [5, 5.41) is 34.0. The first-order chi connectivity index (χ1) is 9.50. The van der Waals surface area contributed by atoms with Crippen molar-refractivity contribution in [3.63, 3.8) is 0 Å². The van der Waals surface area contributed by atoms with Gasteiger partial charge in [-0.2, -0.15) is 0 Å². The number of phenols is 1. The van der Waals surface area contributed by atoms with Crippen LogP contribution in [0, 0.1) is 0 Å². The molecule has 5 nitrogen and oxygen atoms in total. The third-order valence-corrected chi connectivity index (χ3v) is 3.17. The predicted molar refractivity (Wildman–Crippen MR) is 75.3 cm³/mol. The van der Waals surface area contributed by atoms with Crippen molar-refractivity contribution >= 4 is 16.7 Å². The van der Waals surface area contributed by atoms with Crippen LogP contribution in [0.15, 0.2) is 36.4 Å². The monoisotopic (exact) mass is 275 g/mol. The van der Waals surface area contributed by atoms with Gasteiger partial charge in [-0.3, -0.25) is 4.79 Å². The molecule has 2 aromatic carbocycles. The van der Waals surface area contributed by atoms with Gasteiger partial charge in [-0.1, -0.05) is 30.3 Å². The van der Waals surface area contributed by atoms with E-state index in [1.165, 1.54) is 13.0 Å². The maximum absolute atomic E-state index is 10.8. The van der Waals surface area contributed by atoms with E-state index < -0.39 is 12.2 Å². The summed E-state index contributed by atoms with van der Waals surface area (Å²) in [5.41, 5.74) is 0.265. The number of hydrogen-bond donors (Lipinski definition) is 4. The lowest BCUT2D eigenvalue weighted by molar-refractivity contribution is -0.119. The van der Waals surface area contributed by atoms with Gasteiger partial charge in [0, 0.05) is 19.0 Å². The first-order valence-electron chi connectivity index (χ1n) is 6.32. The van der Waals surface area contributed by atoms with Crippen LogP contribution in [0.4, 0.5) is 0 Å². The molecule has 0 aliphatic rings. The number of aromatic hydroxyl groups is 1. The van der Waals surface area contributed by atoms with Crippen molar-refractivity contribution < 1.29 is 20.1 Å². The molecule has 0 radical (unpaired) electrons. The Hall–Kier alpha value is -2.11. The van der Waals surface area contributed by atoms with Crippen molar-refractivity contribution in [1.82, 2.24) is 5.32 Å². The number of carbonyl (C=O) groups is 1. The second-order valence-corrected chi connectivity index (χ2v) is 4.67. The van der Waals surface area contributed by atoms with Crippen LogP contribution in [-0.4, -0.2) is 33.9 Å². The number of hydrogen-bond acceptors (Lipinski definition) is 4. The fourth-order valence-electron chi connectivity index (χ4n) is 2.15. The van der Waals surface area contributed by atoms with E-state index in [1.54, 1.807) is 18.2 Å². The maximum atomic E-state index is 10.8. The Morgan fingerprint density at radius 3 is 2.60 bits per heavy atom. The van der Waals surface area contributed by atoms with Crippen LogP contribution >= 0.6 is 0 Å². The molecule has 2 atom stereocenters. The van der Waals surface area contributed by atoms with E-state index in [1.807, 2.05) is 12.1 Å². The minimum absolute atomic E-state index is 0.0842. The lowest BCUT2D eigenvalue weighted by Crippen LogP contribution is -2.34. The maximum Gasteiger partial charge on any atom is 0.216 e. The third kappa shape index (κ3) is 2.89. The van der Waals surface area contributed by atoms with Crippen LogP contribution < -0.4 is 5.32 Å². The molecule has 4 N–H and O–H groups in total. The molecule has 0 fully saturated rings. The smallest absolute Gasteiger partial charge is 0.216 e. The zero-order valence-corrected chi connectivity index (χ0v) is 11.1. The largest absolute Gasteiger partial charge is 0.508 e. The molecule has 5 heteroatoms. The number of carbonyl (C=O) groups excluding carboxylic acids is 1. The Kier molecular flexibility index (Phi) is 4.22. The van der Waals surface area contributed by atoms with Crippen LogP contribution in [0.5, 0.6) is 5.75 Å². The van der Waals surface area contributed by atoms with Gasteiger partial charge in [-0.15, -0.1) is 0 Å². The molecule has 0 bridgehead atoms. The molecule has 2 rings (SSSR count). The highest BCUT2D eigenvalue weighted by Crippen LogP contribution is 2.33. The van der Waals surface area contributed by atoms with Gasteiger partial charge in [0.15, 0.2) is 0 Å². The van der Waals surface area contributed by atoms with E-state index in [0.29, 0.717) is 5.39 Å². The summed E-state index contributed by atoms with van der Waals surface area (Å²) in [6.07, 6.45) is -2.48. The lowest BCUT2D eigenvalue weighted by Gasteiger charge is -2.21. The van der Waals surface area contributed by atoms with Crippen molar-refractivity contribution in [2.45, 2.75) is 19.1 Å². The minimum Gasteiger partial charge on any atom is -0.508 e. The molecular formula is C15H17NO4. The molecule has 106 valence electrons. The van der Waals surface area contributed by atoms with Gasteiger partial charge in [-0.25, -0.2) is 0 Å². The molecular weight excluding hydrogens is 258 g/mol. The van der Waals surface area contributed by atoms with E-state index in [2.05, 4.69) is 5.32 Å². The molecule has 20 heavy (non-hydrogen) atoms. The van der Waals surface area contributed by atoms with Gasteiger partial charge in [0.2, 0.25) is 5.91 Å². The van der Waals surface area contributed by atoms with Crippen molar-refractivity contribution in [3.05, 3.63) is 42.0 Å². The molecule has 0 heterocycles. The molecule has 0 saturated heterocycles. The summed E-state index contributed by atoms with van der Waals surface area (Å²) in [6, 6.07) is 10.5. The highest BCUT2D eigenvalue weighted by molar-refractivity contribution is 5.88. The molecule has 1 amide bonds. The summed E-state index contributed by atoms with van der Waals surface area (Å²) >= 11 is 0. The Morgan fingerprint density at radius 1 is 1.20 bits per heavy atom. The lowest BCUT2D eigenvalue weighted by atomic mass is 9.96. The van der Waals surface area contributed by atoms with Gasteiger partial charge >= 0.3 is 0 Å². The van der Waals surface area contributed by atoms with Crippen molar-refractivity contribution in [3.8, 4) is 5.75 Å². The third-order valence-electron chi connectivity index (χ3n) is 3.17. The first-order valence-corrected chi connectivity index (χ1v) is 6.32. The Balaban J connectivity index is 2.35. The van der Waals surface area contributed by atoms with Crippen LogP contribution in [-0.2, 0) is 4.79 Å². The molecule has 2 unspecified atom stereocenters. The molecule has 0 saturated carbocycles. The summed E-state index contributed by atoms with van der Waals surface area (Å²) in [4.78, 5) is 10.8. The van der Waals surface area contributed by atoms with Crippen LogP contribution in [0.2, 0.25) is 0 Å². The van der Waals surface area contributed by atoms with E-state index >= 15 is 0 Å². The Bertz CT molecular complexity index is 626. The van der Waals surface area contributed by atoms with Crippen LogP contribution in [0.25, 0.3) is 10.8 Å². The SMILES string of the molecule is CC(=O)NCC(O)C(O)c1c(O)ccc2ccccc12. The number of amides is 1. The summed E-state index contributed by atoms with van der Waals surface area (Å²) in [5.74, 6) is -0.378. The van der Waals surface area contributed by atoms with E-state index in [4.69, 9.17) is 0 Å². The standard InChI is InChI=1S/C15H17NO4/c1-9(17)16-8-13(19)15(20)14-11-5-3-2-4-10(11)6-7-12(14)18/h2-7,13,15,18-20H,8H2,1H3,(H,16,17). The number of rotatable bonds is 4. The van der Waals surface area contributed by atoms with Crippen LogP contribution in [0.1, 0.15) is 18.6 Å². The summed E-state index contributed by atoms with van der Waals surface area (Å²) in [6.45, 7) is 1.24.